The lowest BCUT2D eigenvalue weighted by molar-refractivity contribution is -0.137. The molecule has 0 saturated heterocycles. The van der Waals surface area contributed by atoms with Gasteiger partial charge in [0.05, 0.1) is 12.7 Å². The first-order valence-electron chi connectivity index (χ1n) is 5.48. The number of halogens is 1. The van der Waals surface area contributed by atoms with Gasteiger partial charge in [-0.15, -0.1) is 0 Å². The number of ether oxygens (including phenoxy) is 1. The predicted molar refractivity (Wildman–Crippen MR) is 63.4 cm³/mol. The third kappa shape index (κ3) is 4.11. The van der Waals surface area contributed by atoms with Crippen LogP contribution in [0.15, 0.2) is 18.3 Å². The minimum absolute atomic E-state index is 0.0783. The number of Topliss-reactive ketones (excluding diaryl/α,β-unsaturated/α-hetero) is 1. The average molecular weight is 240 g/mol. The van der Waals surface area contributed by atoms with Gasteiger partial charge in [-0.2, -0.15) is 0 Å². The second-order valence-corrected chi connectivity index (χ2v) is 4.08. The summed E-state index contributed by atoms with van der Waals surface area (Å²) in [5.41, 5.74) is -0.818. The first kappa shape index (κ1) is 13.6. The fourth-order valence-corrected chi connectivity index (χ4v) is 1.31. The fourth-order valence-electron chi connectivity index (χ4n) is 1.31. The highest BCUT2D eigenvalue weighted by atomic mass is 19.1. The highest BCUT2D eigenvalue weighted by molar-refractivity contribution is 5.89. The zero-order chi connectivity index (χ0) is 12.9. The van der Waals surface area contributed by atoms with Crippen LogP contribution in [0.4, 0.5) is 10.2 Å². The molecule has 1 N–H and O–H groups in total. The van der Waals surface area contributed by atoms with Crippen LogP contribution in [-0.4, -0.2) is 29.5 Å². The van der Waals surface area contributed by atoms with E-state index in [1.54, 1.807) is 13.8 Å². The van der Waals surface area contributed by atoms with E-state index in [-0.39, 0.29) is 12.3 Å². The van der Waals surface area contributed by atoms with Crippen LogP contribution in [0.2, 0.25) is 0 Å². The normalized spacial score (nSPS) is 11.3. The van der Waals surface area contributed by atoms with E-state index in [4.69, 9.17) is 4.74 Å². The second kappa shape index (κ2) is 5.72. The minimum atomic E-state index is -0.818. The lowest BCUT2D eigenvalue weighted by Gasteiger charge is -2.23. The number of hydrogen-bond acceptors (Lipinski definition) is 4. The number of carbonyl (C=O) groups is 1. The van der Waals surface area contributed by atoms with Crippen molar-refractivity contribution in [3.05, 3.63) is 24.1 Å². The number of pyridine rings is 1. The number of nitrogens with one attached hydrogen (secondary N) is 1. The molecule has 0 spiro atoms. The summed E-state index contributed by atoms with van der Waals surface area (Å²) in [4.78, 5) is 15.6. The molecule has 0 fully saturated rings. The zero-order valence-corrected chi connectivity index (χ0v) is 10.3. The Morgan fingerprint density at radius 1 is 1.53 bits per heavy atom. The molecule has 1 aromatic heterocycles. The van der Waals surface area contributed by atoms with Crippen molar-refractivity contribution in [2.75, 3.05) is 18.5 Å². The monoisotopic (exact) mass is 240 g/mol. The third-order valence-electron chi connectivity index (χ3n) is 2.33. The molecule has 17 heavy (non-hydrogen) atoms. The van der Waals surface area contributed by atoms with Gasteiger partial charge in [-0.25, -0.2) is 9.37 Å². The first-order chi connectivity index (χ1) is 7.95. The van der Waals surface area contributed by atoms with E-state index < -0.39 is 11.4 Å². The number of nitrogens with zero attached hydrogens (tertiary/aromatic N) is 1. The number of hydrogen-bond donors (Lipinski definition) is 1. The zero-order valence-electron chi connectivity index (χ0n) is 10.3. The molecule has 4 nitrogen and oxygen atoms in total. The quantitative estimate of drug-likeness (QED) is 0.826. The van der Waals surface area contributed by atoms with E-state index >= 15 is 0 Å². The predicted octanol–water partition coefficient (Wildman–Crippen LogP) is 2.02. The van der Waals surface area contributed by atoms with E-state index in [0.717, 1.165) is 6.20 Å². The molecule has 5 heteroatoms. The number of rotatable bonds is 6. The van der Waals surface area contributed by atoms with Crippen LogP contribution in [0.5, 0.6) is 0 Å². The van der Waals surface area contributed by atoms with Crippen LogP contribution in [0.3, 0.4) is 0 Å². The van der Waals surface area contributed by atoms with E-state index in [1.807, 2.05) is 6.92 Å². The summed E-state index contributed by atoms with van der Waals surface area (Å²) in [5.74, 6) is -0.0194. The van der Waals surface area contributed by atoms with Gasteiger partial charge in [-0.05, 0) is 32.9 Å². The first-order valence-corrected chi connectivity index (χ1v) is 5.48. The molecule has 0 bridgehead atoms. The largest absolute Gasteiger partial charge is 0.368 e. The van der Waals surface area contributed by atoms with E-state index in [1.165, 1.54) is 12.1 Å². The van der Waals surface area contributed by atoms with Crippen molar-refractivity contribution < 1.29 is 13.9 Å². The maximum absolute atomic E-state index is 12.6. The van der Waals surface area contributed by atoms with E-state index in [9.17, 15) is 9.18 Å². The molecule has 0 saturated carbocycles. The standard InChI is InChI=1S/C12H17FN2O2/c1-4-17-12(2,3)10(16)8-15-11-6-5-9(13)7-14-11/h5-7H,4,8H2,1-3H3,(H,14,15). The van der Waals surface area contributed by atoms with Gasteiger partial charge in [-0.1, -0.05) is 0 Å². The summed E-state index contributed by atoms with van der Waals surface area (Å²) >= 11 is 0. The van der Waals surface area contributed by atoms with Gasteiger partial charge in [0.1, 0.15) is 17.2 Å². The molecule has 0 aromatic carbocycles. The molecule has 0 amide bonds. The topological polar surface area (TPSA) is 51.2 Å². The maximum atomic E-state index is 12.6. The Hall–Kier alpha value is -1.49. The van der Waals surface area contributed by atoms with Gasteiger partial charge >= 0.3 is 0 Å². The van der Waals surface area contributed by atoms with Gasteiger partial charge in [0.2, 0.25) is 0 Å². The van der Waals surface area contributed by atoms with Crippen LogP contribution in [-0.2, 0) is 9.53 Å². The third-order valence-corrected chi connectivity index (χ3v) is 2.33. The molecule has 1 heterocycles. The molecule has 1 aromatic rings. The maximum Gasteiger partial charge on any atom is 0.183 e. The van der Waals surface area contributed by atoms with Gasteiger partial charge < -0.3 is 10.1 Å². The molecule has 0 atom stereocenters. The van der Waals surface area contributed by atoms with E-state index in [0.29, 0.717) is 12.4 Å². The Morgan fingerprint density at radius 3 is 2.76 bits per heavy atom. The van der Waals surface area contributed by atoms with Crippen molar-refractivity contribution in [3.63, 3.8) is 0 Å². The molecule has 0 aliphatic carbocycles. The Bertz CT molecular complexity index is 377. The van der Waals surface area contributed by atoms with Gasteiger partial charge in [0, 0.05) is 6.61 Å². The molecular formula is C12H17FN2O2. The van der Waals surface area contributed by atoms with Crippen molar-refractivity contribution >= 4 is 11.6 Å². The molecule has 0 aliphatic rings. The summed E-state index contributed by atoms with van der Waals surface area (Å²) < 4.78 is 17.9. The lowest BCUT2D eigenvalue weighted by atomic mass is 10.0. The number of anilines is 1. The molecule has 1 rings (SSSR count). The van der Waals surface area contributed by atoms with Gasteiger partial charge in [0.15, 0.2) is 5.78 Å². The highest BCUT2D eigenvalue weighted by Crippen LogP contribution is 2.11. The van der Waals surface area contributed by atoms with Crippen LogP contribution in [0.25, 0.3) is 0 Å². The van der Waals surface area contributed by atoms with Gasteiger partial charge in [-0.3, -0.25) is 4.79 Å². The molecule has 0 radical (unpaired) electrons. The summed E-state index contributed by atoms with van der Waals surface area (Å²) in [6.07, 6.45) is 1.10. The summed E-state index contributed by atoms with van der Waals surface area (Å²) in [6, 6.07) is 2.77. The van der Waals surface area contributed by atoms with Crippen LogP contribution < -0.4 is 5.32 Å². The smallest absolute Gasteiger partial charge is 0.183 e. The second-order valence-electron chi connectivity index (χ2n) is 4.08. The average Bonchev–Trinajstić information content (AvgIpc) is 2.27. The lowest BCUT2D eigenvalue weighted by Crippen LogP contribution is -2.39. The SMILES string of the molecule is CCOC(C)(C)C(=O)CNc1ccc(F)cn1. The number of aromatic nitrogens is 1. The Kier molecular flexibility index (Phi) is 4.57. The van der Waals surface area contributed by atoms with Gasteiger partial charge in [0.25, 0.3) is 0 Å². The number of carbonyl (C=O) groups excluding carboxylic acids is 1. The van der Waals surface area contributed by atoms with Crippen molar-refractivity contribution in [3.8, 4) is 0 Å². The number of ketones is 1. The Morgan fingerprint density at radius 2 is 2.24 bits per heavy atom. The minimum Gasteiger partial charge on any atom is -0.368 e. The Balaban J connectivity index is 2.50. The van der Waals surface area contributed by atoms with E-state index in [2.05, 4.69) is 10.3 Å². The summed E-state index contributed by atoms with van der Waals surface area (Å²) in [7, 11) is 0. The highest BCUT2D eigenvalue weighted by Gasteiger charge is 2.27. The Labute approximate surface area is 100 Å². The van der Waals surface area contributed by atoms with Crippen LogP contribution in [0.1, 0.15) is 20.8 Å². The summed E-state index contributed by atoms with van der Waals surface area (Å²) in [5, 5.41) is 2.83. The fraction of sp³-hybridized carbons (Fsp3) is 0.500. The van der Waals surface area contributed by atoms with Crippen molar-refractivity contribution in [1.29, 1.82) is 0 Å². The summed E-state index contributed by atoms with van der Waals surface area (Å²) in [6.45, 7) is 5.86. The molecule has 94 valence electrons. The van der Waals surface area contributed by atoms with Crippen molar-refractivity contribution in [2.45, 2.75) is 26.4 Å². The van der Waals surface area contributed by atoms with Crippen molar-refractivity contribution in [1.82, 2.24) is 4.98 Å². The van der Waals surface area contributed by atoms with Crippen LogP contribution in [0, 0.1) is 5.82 Å². The molecular weight excluding hydrogens is 223 g/mol. The molecule has 0 unspecified atom stereocenters. The van der Waals surface area contributed by atoms with Crippen molar-refractivity contribution in [2.24, 2.45) is 0 Å². The molecule has 0 aliphatic heterocycles. The van der Waals surface area contributed by atoms with Crippen LogP contribution >= 0.6 is 0 Å².